The zero-order chi connectivity index (χ0) is 14.9. The molecule has 0 bridgehead atoms. The van der Waals surface area contributed by atoms with Crippen LogP contribution in [0.3, 0.4) is 0 Å². The number of nitrogens with one attached hydrogen (secondary N) is 1. The van der Waals surface area contributed by atoms with Gasteiger partial charge in [-0.1, -0.05) is 37.3 Å². The molecule has 21 heavy (non-hydrogen) atoms. The maximum Gasteiger partial charge on any atom is 0.221 e. The summed E-state index contributed by atoms with van der Waals surface area (Å²) in [6, 6.07) is 10.6. The quantitative estimate of drug-likeness (QED) is 0.830. The van der Waals surface area contributed by atoms with Crippen molar-refractivity contribution in [3.63, 3.8) is 0 Å². The molecule has 0 radical (unpaired) electrons. The van der Waals surface area contributed by atoms with E-state index in [2.05, 4.69) is 52.4 Å². The topological polar surface area (TPSA) is 35.6 Å². The molecule has 0 unspecified atom stereocenters. The van der Waals surface area contributed by atoms with Gasteiger partial charge in [-0.3, -0.25) is 9.69 Å². The molecule has 1 heterocycles. The molecule has 1 amide bonds. The van der Waals surface area contributed by atoms with Crippen molar-refractivity contribution in [1.29, 1.82) is 0 Å². The summed E-state index contributed by atoms with van der Waals surface area (Å²) in [5.41, 5.74) is 1.38. The van der Waals surface area contributed by atoms with Crippen molar-refractivity contribution < 1.29 is 4.79 Å². The van der Waals surface area contributed by atoms with Gasteiger partial charge in [-0.25, -0.2) is 0 Å². The van der Waals surface area contributed by atoms with Crippen LogP contribution in [0.1, 0.15) is 25.3 Å². The molecule has 4 heteroatoms. The second kappa shape index (κ2) is 8.80. The van der Waals surface area contributed by atoms with Gasteiger partial charge in [0.1, 0.15) is 0 Å². The van der Waals surface area contributed by atoms with Crippen LogP contribution in [0, 0.1) is 0 Å². The van der Waals surface area contributed by atoms with Gasteiger partial charge in [-0.15, -0.1) is 0 Å². The summed E-state index contributed by atoms with van der Waals surface area (Å²) in [6.45, 7) is 9.09. The molecule has 1 aromatic rings. The van der Waals surface area contributed by atoms with Crippen LogP contribution in [0.25, 0.3) is 0 Å². The van der Waals surface area contributed by atoms with Crippen LogP contribution >= 0.6 is 0 Å². The highest BCUT2D eigenvalue weighted by Gasteiger charge is 2.17. The van der Waals surface area contributed by atoms with E-state index in [-0.39, 0.29) is 5.91 Å². The summed E-state index contributed by atoms with van der Waals surface area (Å²) in [5, 5.41) is 2.94. The molecule has 0 aromatic heterocycles. The second-order valence-corrected chi connectivity index (χ2v) is 5.70. The van der Waals surface area contributed by atoms with Crippen LogP contribution < -0.4 is 5.32 Å². The average Bonchev–Trinajstić information content (AvgIpc) is 2.53. The highest BCUT2D eigenvalue weighted by Crippen LogP contribution is 2.08. The fourth-order valence-corrected chi connectivity index (χ4v) is 2.63. The molecule has 1 saturated heterocycles. The molecule has 2 rings (SSSR count). The number of benzene rings is 1. The first-order chi connectivity index (χ1) is 10.3. The van der Waals surface area contributed by atoms with Gasteiger partial charge >= 0.3 is 0 Å². The summed E-state index contributed by atoms with van der Waals surface area (Å²) >= 11 is 0. The summed E-state index contributed by atoms with van der Waals surface area (Å²) in [4.78, 5) is 16.5. The predicted octanol–water partition coefficient (Wildman–Crippen LogP) is 1.72. The smallest absolute Gasteiger partial charge is 0.221 e. The first-order valence-corrected chi connectivity index (χ1v) is 8.03. The lowest BCUT2D eigenvalue weighted by Crippen LogP contribution is -2.46. The molecular formula is C17H27N3O. The first-order valence-electron chi connectivity index (χ1n) is 8.03. The molecule has 1 aromatic carbocycles. The van der Waals surface area contributed by atoms with Gasteiger partial charge in [0.15, 0.2) is 0 Å². The van der Waals surface area contributed by atoms with Crippen molar-refractivity contribution in [2.75, 3.05) is 39.3 Å². The van der Waals surface area contributed by atoms with E-state index in [0.717, 1.165) is 52.2 Å². The van der Waals surface area contributed by atoms with Crippen molar-refractivity contribution in [2.45, 2.75) is 26.3 Å². The highest BCUT2D eigenvalue weighted by atomic mass is 16.1. The Kier molecular flexibility index (Phi) is 6.70. The Morgan fingerprint density at radius 1 is 1.10 bits per heavy atom. The molecule has 1 N–H and O–H groups in total. The van der Waals surface area contributed by atoms with Gasteiger partial charge in [-0.05, 0) is 12.0 Å². The average molecular weight is 289 g/mol. The molecular weight excluding hydrogens is 262 g/mol. The Bertz CT molecular complexity index is 413. The lowest BCUT2D eigenvalue weighted by atomic mass is 10.2. The minimum absolute atomic E-state index is 0.184. The standard InChI is InChI=1S/C17H27N3O/c1-2-9-18-17(21)8-10-19-11-13-20(14-12-19)15-16-6-4-3-5-7-16/h3-7H,2,8-15H2,1H3,(H,18,21). The van der Waals surface area contributed by atoms with E-state index in [0.29, 0.717) is 6.42 Å². The molecule has 0 aliphatic carbocycles. The zero-order valence-electron chi connectivity index (χ0n) is 13.1. The minimum Gasteiger partial charge on any atom is -0.356 e. The Labute approximate surface area is 128 Å². The molecule has 1 fully saturated rings. The molecule has 1 aliphatic rings. The van der Waals surface area contributed by atoms with Crippen LogP contribution in [-0.2, 0) is 11.3 Å². The SMILES string of the molecule is CCCNC(=O)CCN1CCN(Cc2ccccc2)CC1. The van der Waals surface area contributed by atoms with Gasteiger partial charge in [-0.2, -0.15) is 0 Å². The maximum absolute atomic E-state index is 11.6. The molecule has 4 nitrogen and oxygen atoms in total. The van der Waals surface area contributed by atoms with Crippen molar-refractivity contribution in [3.05, 3.63) is 35.9 Å². The van der Waals surface area contributed by atoms with Crippen LogP contribution in [0.15, 0.2) is 30.3 Å². The number of hydrogen-bond acceptors (Lipinski definition) is 3. The fourth-order valence-electron chi connectivity index (χ4n) is 2.63. The largest absolute Gasteiger partial charge is 0.356 e. The third-order valence-corrected chi connectivity index (χ3v) is 3.94. The Morgan fingerprint density at radius 3 is 2.43 bits per heavy atom. The van der Waals surface area contributed by atoms with Gasteiger partial charge < -0.3 is 10.2 Å². The first kappa shape index (κ1) is 16.0. The van der Waals surface area contributed by atoms with Crippen LogP contribution in [0.4, 0.5) is 0 Å². The minimum atomic E-state index is 0.184. The van der Waals surface area contributed by atoms with Gasteiger partial charge in [0.05, 0.1) is 0 Å². The van der Waals surface area contributed by atoms with Crippen molar-refractivity contribution >= 4 is 5.91 Å². The summed E-state index contributed by atoms with van der Waals surface area (Å²) in [7, 11) is 0. The maximum atomic E-state index is 11.6. The predicted molar refractivity (Wildman–Crippen MR) is 86.1 cm³/mol. The Morgan fingerprint density at radius 2 is 1.76 bits per heavy atom. The third kappa shape index (κ3) is 5.86. The van der Waals surface area contributed by atoms with E-state index in [1.54, 1.807) is 0 Å². The number of carbonyl (C=O) groups excluding carboxylic acids is 1. The van der Waals surface area contributed by atoms with Crippen molar-refractivity contribution in [1.82, 2.24) is 15.1 Å². The number of piperazine rings is 1. The lowest BCUT2D eigenvalue weighted by molar-refractivity contribution is -0.121. The number of amides is 1. The van der Waals surface area contributed by atoms with Gasteiger partial charge in [0.2, 0.25) is 5.91 Å². The number of rotatable bonds is 7. The van der Waals surface area contributed by atoms with Crippen LogP contribution in [0.5, 0.6) is 0 Å². The van der Waals surface area contributed by atoms with E-state index in [1.165, 1.54) is 5.56 Å². The van der Waals surface area contributed by atoms with Crippen LogP contribution in [-0.4, -0.2) is 55.0 Å². The molecule has 116 valence electrons. The van der Waals surface area contributed by atoms with Crippen LogP contribution in [0.2, 0.25) is 0 Å². The summed E-state index contributed by atoms with van der Waals surface area (Å²) < 4.78 is 0. The number of nitrogens with zero attached hydrogens (tertiary/aromatic N) is 2. The fraction of sp³-hybridized carbons (Fsp3) is 0.588. The third-order valence-electron chi connectivity index (χ3n) is 3.94. The highest BCUT2D eigenvalue weighted by molar-refractivity contribution is 5.75. The normalized spacial score (nSPS) is 16.8. The zero-order valence-corrected chi connectivity index (χ0v) is 13.1. The lowest BCUT2D eigenvalue weighted by Gasteiger charge is -2.34. The Hall–Kier alpha value is -1.39. The Balaban J connectivity index is 1.63. The van der Waals surface area contributed by atoms with Gasteiger partial charge in [0, 0.05) is 52.2 Å². The van der Waals surface area contributed by atoms with Crippen molar-refractivity contribution in [3.8, 4) is 0 Å². The van der Waals surface area contributed by atoms with E-state index in [1.807, 2.05) is 0 Å². The van der Waals surface area contributed by atoms with Gasteiger partial charge in [0.25, 0.3) is 0 Å². The molecule has 1 aliphatic heterocycles. The van der Waals surface area contributed by atoms with Crippen molar-refractivity contribution in [2.24, 2.45) is 0 Å². The molecule has 0 saturated carbocycles. The number of hydrogen-bond donors (Lipinski definition) is 1. The summed E-state index contributed by atoms with van der Waals surface area (Å²) in [6.07, 6.45) is 1.63. The summed E-state index contributed by atoms with van der Waals surface area (Å²) in [5.74, 6) is 0.184. The molecule has 0 atom stereocenters. The van der Waals surface area contributed by atoms with E-state index in [9.17, 15) is 4.79 Å². The van der Waals surface area contributed by atoms with E-state index >= 15 is 0 Å². The van der Waals surface area contributed by atoms with E-state index < -0.39 is 0 Å². The van der Waals surface area contributed by atoms with E-state index in [4.69, 9.17) is 0 Å². The monoisotopic (exact) mass is 289 g/mol. The molecule has 0 spiro atoms. The number of carbonyl (C=O) groups is 1. The second-order valence-electron chi connectivity index (χ2n) is 5.70.